The molecular weight excluding hydrogens is 454 g/mol. The van der Waals surface area contributed by atoms with Crippen molar-refractivity contribution in [3.63, 3.8) is 0 Å². The number of carbonyl (C=O) groups is 1. The van der Waals surface area contributed by atoms with E-state index in [0.29, 0.717) is 31.3 Å². The van der Waals surface area contributed by atoms with Gasteiger partial charge in [-0.05, 0) is 68.3 Å². The van der Waals surface area contributed by atoms with E-state index in [1.54, 1.807) is 0 Å². The minimum atomic E-state index is -0.706. The van der Waals surface area contributed by atoms with Crippen LogP contribution in [0.5, 0.6) is 11.5 Å². The molecule has 8 heteroatoms. The predicted octanol–water partition coefficient (Wildman–Crippen LogP) is 5.03. The molecule has 178 valence electrons. The van der Waals surface area contributed by atoms with Gasteiger partial charge < -0.3 is 14.6 Å². The molecule has 0 saturated carbocycles. The monoisotopic (exact) mass is 481 g/mol. The molecule has 3 heterocycles. The second-order valence-electron chi connectivity index (χ2n) is 9.32. The van der Waals surface area contributed by atoms with E-state index in [9.17, 15) is 9.90 Å². The highest BCUT2D eigenvalue weighted by atomic mass is 35.5. The highest BCUT2D eigenvalue weighted by Gasteiger charge is 2.28. The molecule has 0 radical (unpaired) electrons. The number of likely N-dealkylation sites (tertiary alicyclic amines) is 1. The van der Waals surface area contributed by atoms with Crippen molar-refractivity contribution in [2.75, 3.05) is 26.2 Å². The topological polar surface area (TPSA) is 76.8 Å². The fraction of sp³-hybridized carbons (Fsp3) is 0.385. The van der Waals surface area contributed by atoms with E-state index >= 15 is 0 Å². The van der Waals surface area contributed by atoms with Crippen molar-refractivity contribution in [3.8, 4) is 11.5 Å². The van der Waals surface area contributed by atoms with Gasteiger partial charge in [0.1, 0.15) is 24.7 Å². The fourth-order valence-electron chi connectivity index (χ4n) is 4.64. The van der Waals surface area contributed by atoms with Crippen molar-refractivity contribution in [1.82, 2.24) is 14.7 Å². The van der Waals surface area contributed by atoms with Gasteiger partial charge in [0.05, 0.1) is 11.4 Å². The van der Waals surface area contributed by atoms with E-state index in [4.69, 9.17) is 21.1 Å². The van der Waals surface area contributed by atoms with Crippen molar-refractivity contribution in [2.24, 2.45) is 5.92 Å². The number of carboxylic acid groups (broad SMARTS) is 1. The van der Waals surface area contributed by atoms with Crippen LogP contribution in [0.15, 0.2) is 42.0 Å². The van der Waals surface area contributed by atoms with Crippen LogP contribution in [0.3, 0.4) is 0 Å². The van der Waals surface area contributed by atoms with Crippen LogP contribution >= 0.6 is 11.6 Å². The van der Waals surface area contributed by atoms with Crippen LogP contribution in [-0.2, 0) is 11.4 Å². The zero-order valence-electron chi connectivity index (χ0n) is 19.3. The average molecular weight is 482 g/mol. The Morgan fingerprint density at radius 1 is 1.29 bits per heavy atom. The number of ether oxygens (including phenoxy) is 2. The maximum absolute atomic E-state index is 11.2. The van der Waals surface area contributed by atoms with Crippen molar-refractivity contribution in [3.05, 3.63) is 58.3 Å². The summed E-state index contributed by atoms with van der Waals surface area (Å²) in [6.45, 7) is 7.22. The lowest BCUT2D eigenvalue weighted by atomic mass is 10.1. The number of aromatic nitrogens is 2. The Morgan fingerprint density at radius 2 is 2.15 bits per heavy atom. The van der Waals surface area contributed by atoms with E-state index < -0.39 is 5.97 Å². The molecule has 34 heavy (non-hydrogen) atoms. The molecular formula is C26H28ClN3O4. The molecule has 1 atom stereocenters. The summed E-state index contributed by atoms with van der Waals surface area (Å²) in [5, 5.41) is 15.1. The molecule has 0 bridgehead atoms. The fourth-order valence-corrected chi connectivity index (χ4v) is 4.87. The lowest BCUT2D eigenvalue weighted by molar-refractivity contribution is -0.141. The van der Waals surface area contributed by atoms with E-state index in [-0.39, 0.29) is 12.0 Å². The first-order chi connectivity index (χ1) is 16.4. The molecule has 0 aliphatic carbocycles. The summed E-state index contributed by atoms with van der Waals surface area (Å²) in [4.78, 5) is 13.4. The van der Waals surface area contributed by atoms with Crippen LogP contribution in [0, 0.1) is 5.92 Å². The first-order valence-electron chi connectivity index (χ1n) is 11.6. The van der Waals surface area contributed by atoms with Crippen LogP contribution in [0.2, 0.25) is 5.15 Å². The zero-order valence-corrected chi connectivity index (χ0v) is 20.1. The Morgan fingerprint density at radius 3 is 2.91 bits per heavy atom. The van der Waals surface area contributed by atoms with Gasteiger partial charge in [0.15, 0.2) is 5.15 Å². The van der Waals surface area contributed by atoms with Crippen LogP contribution in [-0.4, -0.2) is 52.0 Å². The predicted molar refractivity (Wildman–Crippen MR) is 132 cm³/mol. The first-order valence-corrected chi connectivity index (χ1v) is 12.0. The molecule has 2 aliphatic heterocycles. The SMILES string of the molecule is CC(C)n1nc(Cl)c2cc(COc3ccc4c(c3)OCC(CN3CC[C@@H](C(=O)O)C3)=C4)ccc21. The standard InChI is InChI=1S/C26H28ClN3O4/c1-16(2)30-23-6-3-17(10-22(23)25(27)28-30)14-33-21-5-4-19-9-18(15-34-24(19)11-21)12-29-8-7-20(13-29)26(31)32/h3-6,9-11,16,20H,7-8,12-15H2,1-2H3,(H,31,32)/t20-/m1/s1. The number of fused-ring (bicyclic) bond motifs is 2. The van der Waals surface area contributed by atoms with Crippen molar-refractivity contribution in [1.29, 1.82) is 0 Å². The molecule has 0 spiro atoms. The van der Waals surface area contributed by atoms with Crippen LogP contribution < -0.4 is 9.47 Å². The lowest BCUT2D eigenvalue weighted by Crippen LogP contribution is -2.27. The summed E-state index contributed by atoms with van der Waals surface area (Å²) in [5.41, 5.74) is 4.20. The van der Waals surface area contributed by atoms with Gasteiger partial charge in [0.25, 0.3) is 0 Å². The van der Waals surface area contributed by atoms with E-state index in [0.717, 1.165) is 52.2 Å². The zero-order chi connectivity index (χ0) is 23.8. The molecule has 3 aromatic rings. The Kier molecular flexibility index (Phi) is 6.23. The Bertz CT molecular complexity index is 1270. The minimum absolute atomic E-state index is 0.235. The van der Waals surface area contributed by atoms with E-state index in [1.165, 1.54) is 0 Å². The average Bonchev–Trinajstić information content (AvgIpc) is 3.42. The molecule has 0 amide bonds. The molecule has 2 aliphatic rings. The van der Waals surface area contributed by atoms with Crippen molar-refractivity contribution >= 4 is 34.5 Å². The number of rotatable bonds is 7. The maximum atomic E-state index is 11.2. The Balaban J connectivity index is 1.23. The van der Waals surface area contributed by atoms with E-state index in [1.807, 2.05) is 41.1 Å². The summed E-state index contributed by atoms with van der Waals surface area (Å²) in [7, 11) is 0. The summed E-state index contributed by atoms with van der Waals surface area (Å²) in [6.07, 6.45) is 2.85. The van der Waals surface area contributed by atoms with Crippen LogP contribution in [0.4, 0.5) is 0 Å². The lowest BCUT2D eigenvalue weighted by Gasteiger charge is -2.22. The number of hydrogen-bond acceptors (Lipinski definition) is 5. The molecule has 1 fully saturated rings. The Labute approximate surface area is 203 Å². The number of hydrogen-bond donors (Lipinski definition) is 1. The molecule has 1 N–H and O–H groups in total. The van der Waals surface area contributed by atoms with Gasteiger partial charge in [-0.1, -0.05) is 17.7 Å². The molecule has 1 saturated heterocycles. The highest BCUT2D eigenvalue weighted by Crippen LogP contribution is 2.32. The second-order valence-corrected chi connectivity index (χ2v) is 9.68. The number of benzene rings is 2. The maximum Gasteiger partial charge on any atom is 0.307 e. The normalized spacial score (nSPS) is 18.1. The summed E-state index contributed by atoms with van der Waals surface area (Å²) < 4.78 is 14.0. The Hall–Kier alpha value is -3.03. The molecule has 2 aromatic carbocycles. The number of nitrogens with zero attached hydrogens (tertiary/aromatic N) is 3. The van der Waals surface area contributed by atoms with Gasteiger partial charge in [-0.15, -0.1) is 0 Å². The first kappa shape index (κ1) is 22.7. The van der Waals surface area contributed by atoms with Crippen molar-refractivity contribution < 1.29 is 19.4 Å². The van der Waals surface area contributed by atoms with Gasteiger partial charge in [0.2, 0.25) is 0 Å². The molecule has 1 aromatic heterocycles. The van der Waals surface area contributed by atoms with Gasteiger partial charge in [0, 0.05) is 36.1 Å². The minimum Gasteiger partial charge on any atom is -0.489 e. The second kappa shape index (κ2) is 9.31. The third-order valence-corrected chi connectivity index (χ3v) is 6.71. The summed E-state index contributed by atoms with van der Waals surface area (Å²) in [6, 6.07) is 12.2. The molecule has 0 unspecified atom stereocenters. The van der Waals surface area contributed by atoms with Gasteiger partial charge in [-0.2, -0.15) is 5.10 Å². The quantitative estimate of drug-likeness (QED) is 0.510. The largest absolute Gasteiger partial charge is 0.489 e. The van der Waals surface area contributed by atoms with Crippen LogP contribution in [0.1, 0.15) is 37.4 Å². The summed E-state index contributed by atoms with van der Waals surface area (Å²) in [5.74, 6) is 0.564. The van der Waals surface area contributed by atoms with Crippen molar-refractivity contribution in [2.45, 2.75) is 32.9 Å². The highest BCUT2D eigenvalue weighted by molar-refractivity contribution is 6.34. The number of halogens is 1. The molecule has 5 rings (SSSR count). The molecule has 7 nitrogen and oxygen atoms in total. The smallest absolute Gasteiger partial charge is 0.307 e. The number of carboxylic acids is 1. The van der Waals surface area contributed by atoms with Gasteiger partial charge >= 0.3 is 5.97 Å². The third-order valence-electron chi connectivity index (χ3n) is 6.43. The van der Waals surface area contributed by atoms with Gasteiger partial charge in [-0.25, -0.2) is 0 Å². The number of aliphatic carboxylic acids is 1. The third kappa shape index (κ3) is 4.63. The van der Waals surface area contributed by atoms with Crippen LogP contribution in [0.25, 0.3) is 17.0 Å². The van der Waals surface area contributed by atoms with E-state index in [2.05, 4.69) is 29.9 Å². The van der Waals surface area contributed by atoms with Gasteiger partial charge in [-0.3, -0.25) is 14.4 Å². The summed E-state index contributed by atoms with van der Waals surface area (Å²) >= 11 is 6.35.